The molecule has 1 aliphatic heterocycles. The predicted molar refractivity (Wildman–Crippen MR) is 65.1 cm³/mol. The quantitative estimate of drug-likeness (QED) is 0.630. The molecule has 0 N–H and O–H groups in total. The van der Waals surface area contributed by atoms with E-state index in [0.29, 0.717) is 12.2 Å². The van der Waals surface area contributed by atoms with Crippen LogP contribution in [0.4, 0.5) is 0 Å². The fourth-order valence-corrected chi connectivity index (χ4v) is 1.82. The summed E-state index contributed by atoms with van der Waals surface area (Å²) in [7, 11) is 0. The highest BCUT2D eigenvalue weighted by molar-refractivity contribution is 9.09. The third-order valence-corrected chi connectivity index (χ3v) is 3.07. The van der Waals surface area contributed by atoms with Crippen LogP contribution < -0.4 is 0 Å². The monoisotopic (exact) mass is 300 g/mol. The van der Waals surface area contributed by atoms with Gasteiger partial charge in [0.2, 0.25) is 0 Å². The molecule has 2 atom stereocenters. The van der Waals surface area contributed by atoms with Crippen molar-refractivity contribution >= 4 is 21.9 Å². The first-order valence-electron chi connectivity index (χ1n) is 5.35. The Labute approximate surface area is 108 Å². The van der Waals surface area contributed by atoms with Gasteiger partial charge in [0, 0.05) is 5.33 Å². The van der Waals surface area contributed by atoms with Gasteiger partial charge in [-0.1, -0.05) is 34.1 Å². The maximum absolute atomic E-state index is 11.6. The van der Waals surface area contributed by atoms with E-state index in [4.69, 9.17) is 14.2 Å². The van der Waals surface area contributed by atoms with Gasteiger partial charge >= 0.3 is 5.97 Å². The molecule has 4 nitrogen and oxygen atoms in total. The number of carbonyl (C=O) groups is 1. The van der Waals surface area contributed by atoms with Crippen LogP contribution in [0.15, 0.2) is 30.3 Å². The minimum atomic E-state index is -0.454. The molecule has 17 heavy (non-hydrogen) atoms. The molecule has 0 spiro atoms. The molecule has 0 radical (unpaired) electrons. The Balaban J connectivity index is 1.78. The van der Waals surface area contributed by atoms with Crippen molar-refractivity contribution in [3.05, 3.63) is 35.9 Å². The highest BCUT2D eigenvalue weighted by Crippen LogP contribution is 2.14. The molecule has 2 rings (SSSR count). The molecule has 0 aromatic heterocycles. The number of benzene rings is 1. The summed E-state index contributed by atoms with van der Waals surface area (Å²) in [5, 5.41) is 0.718. The van der Waals surface area contributed by atoms with E-state index in [-0.39, 0.29) is 18.7 Å². The predicted octanol–water partition coefficient (Wildman–Crippen LogP) is 1.98. The molecule has 0 amide bonds. The molecule has 0 saturated carbocycles. The summed E-state index contributed by atoms with van der Waals surface area (Å²) in [6.07, 6.45) is -0.416. The summed E-state index contributed by atoms with van der Waals surface area (Å²) in [5.74, 6) is -0.361. The van der Waals surface area contributed by atoms with E-state index in [1.165, 1.54) is 0 Å². The molecule has 0 bridgehead atoms. The molecule has 1 saturated heterocycles. The summed E-state index contributed by atoms with van der Waals surface area (Å²) in [4.78, 5) is 11.6. The zero-order chi connectivity index (χ0) is 12.1. The maximum Gasteiger partial charge on any atom is 0.338 e. The smallest absolute Gasteiger partial charge is 0.338 e. The van der Waals surface area contributed by atoms with E-state index in [2.05, 4.69) is 15.9 Å². The largest absolute Gasteiger partial charge is 0.457 e. The second kappa shape index (κ2) is 6.14. The molecular formula is C12H13BrO4. The molecular weight excluding hydrogens is 288 g/mol. The lowest BCUT2D eigenvalue weighted by molar-refractivity contribution is -0.0898. The summed E-state index contributed by atoms with van der Waals surface area (Å²) in [6.45, 7) is 0.649. The first-order chi connectivity index (χ1) is 8.29. The third-order valence-electron chi connectivity index (χ3n) is 2.34. The van der Waals surface area contributed by atoms with Gasteiger partial charge in [-0.05, 0) is 12.1 Å². The van der Waals surface area contributed by atoms with Crippen LogP contribution in [0.25, 0.3) is 0 Å². The SMILES string of the molecule is O=C(OC[C@H]1OC[C@H](CBr)O1)c1ccccc1. The van der Waals surface area contributed by atoms with Crippen molar-refractivity contribution < 1.29 is 19.0 Å². The van der Waals surface area contributed by atoms with Gasteiger partial charge in [-0.15, -0.1) is 0 Å². The van der Waals surface area contributed by atoms with E-state index in [1.54, 1.807) is 24.3 Å². The number of carbonyl (C=O) groups excluding carboxylic acids is 1. The zero-order valence-electron chi connectivity index (χ0n) is 9.17. The zero-order valence-corrected chi connectivity index (χ0v) is 10.8. The van der Waals surface area contributed by atoms with Crippen LogP contribution in [0.2, 0.25) is 0 Å². The lowest BCUT2D eigenvalue weighted by Crippen LogP contribution is -2.21. The van der Waals surface area contributed by atoms with E-state index in [1.807, 2.05) is 6.07 Å². The van der Waals surface area contributed by atoms with Gasteiger partial charge in [-0.2, -0.15) is 0 Å². The van der Waals surface area contributed by atoms with Crippen LogP contribution in [0.1, 0.15) is 10.4 Å². The van der Waals surface area contributed by atoms with Crippen molar-refractivity contribution in [3.63, 3.8) is 0 Å². The van der Waals surface area contributed by atoms with Crippen LogP contribution in [0.3, 0.4) is 0 Å². The fourth-order valence-electron chi connectivity index (χ4n) is 1.48. The number of ether oxygens (including phenoxy) is 3. The lowest BCUT2D eigenvalue weighted by Gasteiger charge is -2.10. The number of halogens is 1. The van der Waals surface area contributed by atoms with Crippen molar-refractivity contribution in [2.24, 2.45) is 0 Å². The third kappa shape index (κ3) is 3.52. The Morgan fingerprint density at radius 3 is 2.82 bits per heavy atom. The molecule has 92 valence electrons. The van der Waals surface area contributed by atoms with Gasteiger partial charge in [-0.3, -0.25) is 0 Å². The van der Waals surface area contributed by atoms with Crippen molar-refractivity contribution in [3.8, 4) is 0 Å². The Hall–Kier alpha value is -0.910. The highest BCUT2D eigenvalue weighted by Gasteiger charge is 2.26. The first-order valence-corrected chi connectivity index (χ1v) is 6.47. The van der Waals surface area contributed by atoms with E-state index < -0.39 is 6.29 Å². The van der Waals surface area contributed by atoms with Crippen molar-refractivity contribution in [2.75, 3.05) is 18.5 Å². The average molecular weight is 301 g/mol. The Morgan fingerprint density at radius 1 is 1.41 bits per heavy atom. The van der Waals surface area contributed by atoms with Crippen LogP contribution in [0, 0.1) is 0 Å². The van der Waals surface area contributed by atoms with Gasteiger partial charge < -0.3 is 14.2 Å². The molecule has 1 aromatic rings. The van der Waals surface area contributed by atoms with Crippen LogP contribution in [0.5, 0.6) is 0 Å². The number of alkyl halides is 1. The minimum Gasteiger partial charge on any atom is -0.457 e. The standard InChI is InChI=1S/C12H13BrO4/c13-6-10-7-15-11(17-10)8-16-12(14)9-4-2-1-3-5-9/h1-5,10-11H,6-8H2/t10-,11-/m0/s1. The molecule has 0 unspecified atom stereocenters. The topological polar surface area (TPSA) is 44.8 Å². The fraction of sp³-hybridized carbons (Fsp3) is 0.417. The number of hydrogen-bond donors (Lipinski definition) is 0. The summed E-state index contributed by atoms with van der Waals surface area (Å²) in [6, 6.07) is 8.85. The average Bonchev–Trinajstić information content (AvgIpc) is 2.85. The molecule has 1 aromatic carbocycles. The van der Waals surface area contributed by atoms with Gasteiger partial charge in [0.1, 0.15) is 6.61 Å². The van der Waals surface area contributed by atoms with Crippen LogP contribution >= 0.6 is 15.9 Å². The second-order valence-corrected chi connectivity index (χ2v) is 4.29. The van der Waals surface area contributed by atoms with Gasteiger partial charge in [0.25, 0.3) is 0 Å². The normalized spacial score (nSPS) is 23.6. The summed E-state index contributed by atoms with van der Waals surface area (Å²) in [5.41, 5.74) is 0.530. The van der Waals surface area contributed by atoms with Crippen molar-refractivity contribution in [2.45, 2.75) is 12.4 Å². The molecule has 0 aliphatic carbocycles. The maximum atomic E-state index is 11.6. The minimum absolute atomic E-state index is 0.0374. The van der Waals surface area contributed by atoms with E-state index >= 15 is 0 Å². The van der Waals surface area contributed by atoms with Gasteiger partial charge in [0.05, 0.1) is 18.3 Å². The molecule has 1 aliphatic rings. The Morgan fingerprint density at radius 2 is 2.18 bits per heavy atom. The molecule has 5 heteroatoms. The molecule has 1 fully saturated rings. The first kappa shape index (κ1) is 12.5. The lowest BCUT2D eigenvalue weighted by atomic mass is 10.2. The second-order valence-electron chi connectivity index (χ2n) is 3.64. The summed E-state index contributed by atoms with van der Waals surface area (Å²) < 4.78 is 15.9. The number of hydrogen-bond acceptors (Lipinski definition) is 4. The van der Waals surface area contributed by atoms with Crippen LogP contribution in [-0.4, -0.2) is 36.9 Å². The Kier molecular flexibility index (Phi) is 4.53. The van der Waals surface area contributed by atoms with E-state index in [9.17, 15) is 4.79 Å². The number of esters is 1. The van der Waals surface area contributed by atoms with Crippen molar-refractivity contribution in [1.29, 1.82) is 0 Å². The highest BCUT2D eigenvalue weighted by atomic mass is 79.9. The van der Waals surface area contributed by atoms with Crippen LogP contribution in [-0.2, 0) is 14.2 Å². The number of rotatable bonds is 4. The van der Waals surface area contributed by atoms with Gasteiger partial charge in [-0.25, -0.2) is 4.79 Å². The summed E-state index contributed by atoms with van der Waals surface area (Å²) >= 11 is 3.31. The van der Waals surface area contributed by atoms with Gasteiger partial charge in [0.15, 0.2) is 6.29 Å². The van der Waals surface area contributed by atoms with E-state index in [0.717, 1.165) is 5.33 Å². The van der Waals surface area contributed by atoms with Crippen molar-refractivity contribution in [1.82, 2.24) is 0 Å². The molecule has 1 heterocycles. The Bertz CT molecular complexity index is 368.